The third-order valence-corrected chi connectivity index (χ3v) is 2.81. The van der Waals surface area contributed by atoms with Crippen molar-refractivity contribution in [1.29, 1.82) is 0 Å². The maximum absolute atomic E-state index is 13.2. The fourth-order valence-electron chi connectivity index (χ4n) is 1.92. The van der Waals surface area contributed by atoms with Gasteiger partial charge in [0.15, 0.2) is 0 Å². The SMILES string of the molecule is COc1ccc(-c2ccc(F)cc2CC(=O)O)cc1. The zero-order valence-electron chi connectivity index (χ0n) is 10.4. The van der Waals surface area contributed by atoms with E-state index in [0.29, 0.717) is 16.9 Å². The number of carboxylic acid groups (broad SMARTS) is 1. The summed E-state index contributed by atoms with van der Waals surface area (Å²) >= 11 is 0. The van der Waals surface area contributed by atoms with Crippen molar-refractivity contribution >= 4 is 5.97 Å². The molecule has 0 bridgehead atoms. The highest BCUT2D eigenvalue weighted by Gasteiger charge is 2.10. The highest BCUT2D eigenvalue weighted by atomic mass is 19.1. The first kappa shape index (κ1) is 13.1. The first-order valence-corrected chi connectivity index (χ1v) is 5.75. The maximum atomic E-state index is 13.2. The first-order chi connectivity index (χ1) is 9.10. The van der Waals surface area contributed by atoms with Crippen LogP contribution in [0.4, 0.5) is 4.39 Å². The van der Waals surface area contributed by atoms with Gasteiger partial charge >= 0.3 is 5.97 Å². The van der Waals surface area contributed by atoms with E-state index >= 15 is 0 Å². The third-order valence-electron chi connectivity index (χ3n) is 2.81. The normalized spacial score (nSPS) is 10.2. The lowest BCUT2D eigenvalue weighted by Crippen LogP contribution is -2.02. The number of rotatable bonds is 4. The van der Waals surface area contributed by atoms with Gasteiger partial charge < -0.3 is 9.84 Å². The van der Waals surface area contributed by atoms with Crippen LogP contribution in [0.1, 0.15) is 5.56 Å². The lowest BCUT2D eigenvalue weighted by atomic mass is 9.97. The Balaban J connectivity index is 2.44. The van der Waals surface area contributed by atoms with Gasteiger partial charge in [0, 0.05) is 0 Å². The summed E-state index contributed by atoms with van der Waals surface area (Å²) in [4.78, 5) is 10.8. The van der Waals surface area contributed by atoms with Crippen molar-refractivity contribution in [1.82, 2.24) is 0 Å². The number of methoxy groups -OCH3 is 1. The number of carboxylic acids is 1. The van der Waals surface area contributed by atoms with Crippen LogP contribution in [0.15, 0.2) is 42.5 Å². The van der Waals surface area contributed by atoms with Crippen molar-refractivity contribution in [2.75, 3.05) is 7.11 Å². The molecule has 0 aliphatic rings. The van der Waals surface area contributed by atoms with E-state index in [9.17, 15) is 9.18 Å². The Morgan fingerprint density at radius 2 is 1.89 bits per heavy atom. The molecule has 0 aliphatic heterocycles. The zero-order valence-corrected chi connectivity index (χ0v) is 10.4. The lowest BCUT2D eigenvalue weighted by molar-refractivity contribution is -0.136. The van der Waals surface area contributed by atoms with Crippen LogP contribution in [-0.2, 0) is 11.2 Å². The minimum absolute atomic E-state index is 0.209. The van der Waals surface area contributed by atoms with Crippen LogP contribution in [0, 0.1) is 5.82 Å². The van der Waals surface area contributed by atoms with Gasteiger partial charge in [-0.25, -0.2) is 4.39 Å². The Morgan fingerprint density at radius 3 is 2.47 bits per heavy atom. The van der Waals surface area contributed by atoms with E-state index in [2.05, 4.69) is 0 Å². The van der Waals surface area contributed by atoms with Gasteiger partial charge in [0.2, 0.25) is 0 Å². The van der Waals surface area contributed by atoms with E-state index in [4.69, 9.17) is 9.84 Å². The molecule has 3 nitrogen and oxygen atoms in total. The van der Waals surface area contributed by atoms with Crippen molar-refractivity contribution in [2.45, 2.75) is 6.42 Å². The van der Waals surface area contributed by atoms with Gasteiger partial charge in [0.05, 0.1) is 13.5 Å². The molecule has 0 aromatic heterocycles. The second kappa shape index (κ2) is 5.52. The van der Waals surface area contributed by atoms with Gasteiger partial charge in [-0.2, -0.15) is 0 Å². The van der Waals surface area contributed by atoms with Crippen molar-refractivity contribution in [3.8, 4) is 16.9 Å². The molecule has 98 valence electrons. The highest BCUT2D eigenvalue weighted by molar-refractivity contribution is 5.76. The number of aliphatic carboxylic acids is 1. The molecular weight excluding hydrogens is 247 g/mol. The molecule has 2 aromatic carbocycles. The largest absolute Gasteiger partial charge is 0.497 e. The fraction of sp³-hybridized carbons (Fsp3) is 0.133. The summed E-state index contributed by atoms with van der Waals surface area (Å²) in [5, 5.41) is 8.87. The quantitative estimate of drug-likeness (QED) is 0.918. The summed E-state index contributed by atoms with van der Waals surface area (Å²) in [6.07, 6.45) is -0.209. The molecule has 0 amide bonds. The summed E-state index contributed by atoms with van der Waals surface area (Å²) in [6, 6.07) is 11.4. The topological polar surface area (TPSA) is 46.5 Å². The van der Waals surface area contributed by atoms with E-state index in [1.54, 1.807) is 25.3 Å². The van der Waals surface area contributed by atoms with Crippen LogP contribution in [0.3, 0.4) is 0 Å². The minimum atomic E-state index is -0.986. The van der Waals surface area contributed by atoms with E-state index in [-0.39, 0.29) is 6.42 Å². The van der Waals surface area contributed by atoms with E-state index < -0.39 is 11.8 Å². The maximum Gasteiger partial charge on any atom is 0.307 e. The molecule has 0 saturated carbocycles. The smallest absolute Gasteiger partial charge is 0.307 e. The Hall–Kier alpha value is -2.36. The van der Waals surface area contributed by atoms with Gasteiger partial charge in [-0.3, -0.25) is 4.79 Å². The number of hydrogen-bond acceptors (Lipinski definition) is 2. The zero-order chi connectivity index (χ0) is 13.8. The highest BCUT2D eigenvalue weighted by Crippen LogP contribution is 2.26. The Kier molecular flexibility index (Phi) is 3.80. The molecule has 0 aliphatic carbocycles. The van der Waals surface area contributed by atoms with E-state index in [1.165, 1.54) is 12.1 Å². The molecule has 0 fully saturated rings. The number of hydrogen-bond donors (Lipinski definition) is 1. The van der Waals surface area contributed by atoms with Crippen molar-refractivity contribution in [3.63, 3.8) is 0 Å². The predicted molar refractivity (Wildman–Crippen MR) is 69.7 cm³/mol. The van der Waals surface area contributed by atoms with Crippen LogP contribution in [0.25, 0.3) is 11.1 Å². The fourth-order valence-corrected chi connectivity index (χ4v) is 1.92. The molecule has 4 heteroatoms. The second-order valence-corrected chi connectivity index (χ2v) is 4.10. The molecule has 0 atom stereocenters. The summed E-state index contributed by atoms with van der Waals surface area (Å²) in [6.45, 7) is 0. The number of benzene rings is 2. The summed E-state index contributed by atoms with van der Waals surface area (Å²) < 4.78 is 18.3. The van der Waals surface area contributed by atoms with Crippen LogP contribution in [0.2, 0.25) is 0 Å². The summed E-state index contributed by atoms with van der Waals surface area (Å²) in [5.41, 5.74) is 2.00. The Bertz CT molecular complexity index is 591. The summed E-state index contributed by atoms with van der Waals surface area (Å²) in [7, 11) is 1.57. The Labute approximate surface area is 110 Å². The van der Waals surface area contributed by atoms with Gasteiger partial charge in [0.1, 0.15) is 11.6 Å². The molecule has 0 heterocycles. The molecule has 1 N–H and O–H groups in total. The lowest BCUT2D eigenvalue weighted by Gasteiger charge is -2.09. The van der Waals surface area contributed by atoms with Crippen molar-refractivity contribution in [3.05, 3.63) is 53.8 Å². The molecule has 2 rings (SSSR count). The van der Waals surface area contributed by atoms with Gasteiger partial charge in [0.25, 0.3) is 0 Å². The monoisotopic (exact) mass is 260 g/mol. The standard InChI is InChI=1S/C15H13FO3/c1-19-13-5-2-10(3-6-13)14-7-4-12(16)8-11(14)9-15(17)18/h2-8H,9H2,1H3,(H,17,18). The van der Waals surface area contributed by atoms with Crippen LogP contribution in [0.5, 0.6) is 5.75 Å². The van der Waals surface area contributed by atoms with Crippen LogP contribution in [-0.4, -0.2) is 18.2 Å². The average molecular weight is 260 g/mol. The van der Waals surface area contributed by atoms with Crippen LogP contribution >= 0.6 is 0 Å². The van der Waals surface area contributed by atoms with Gasteiger partial charge in [-0.15, -0.1) is 0 Å². The molecule has 0 spiro atoms. The summed E-state index contributed by atoms with van der Waals surface area (Å²) in [5.74, 6) is -0.709. The average Bonchev–Trinajstić information content (AvgIpc) is 2.38. The minimum Gasteiger partial charge on any atom is -0.497 e. The van der Waals surface area contributed by atoms with E-state index in [1.807, 2.05) is 12.1 Å². The molecular formula is C15H13FO3. The predicted octanol–water partition coefficient (Wildman–Crippen LogP) is 3.13. The first-order valence-electron chi connectivity index (χ1n) is 5.75. The number of halogens is 1. The molecule has 0 unspecified atom stereocenters. The van der Waals surface area contributed by atoms with Crippen LogP contribution < -0.4 is 4.74 Å². The second-order valence-electron chi connectivity index (χ2n) is 4.10. The van der Waals surface area contributed by atoms with E-state index in [0.717, 1.165) is 5.56 Å². The van der Waals surface area contributed by atoms with Gasteiger partial charge in [-0.05, 0) is 41.0 Å². The third kappa shape index (κ3) is 3.10. The molecule has 0 saturated heterocycles. The van der Waals surface area contributed by atoms with Gasteiger partial charge in [-0.1, -0.05) is 18.2 Å². The molecule has 2 aromatic rings. The Morgan fingerprint density at radius 1 is 1.21 bits per heavy atom. The number of carbonyl (C=O) groups is 1. The number of ether oxygens (including phenoxy) is 1. The molecule has 19 heavy (non-hydrogen) atoms. The van der Waals surface area contributed by atoms with Crippen molar-refractivity contribution in [2.24, 2.45) is 0 Å². The molecule has 0 radical (unpaired) electrons. The van der Waals surface area contributed by atoms with Crippen molar-refractivity contribution < 1.29 is 19.0 Å².